The number of benzene rings is 1. The minimum Gasteiger partial charge on any atom is -0.247 e. The normalized spacial score (nSPS) is 27.4. The zero-order valence-electron chi connectivity index (χ0n) is 13.4. The Bertz CT molecular complexity index is 531. The Labute approximate surface area is 128 Å². The predicted molar refractivity (Wildman–Crippen MR) is 87.5 cm³/mol. The first-order valence-corrected chi connectivity index (χ1v) is 8.40. The highest BCUT2D eigenvalue weighted by Gasteiger charge is 2.43. The van der Waals surface area contributed by atoms with Crippen LogP contribution in [-0.2, 0) is 6.42 Å². The molecule has 21 heavy (non-hydrogen) atoms. The average Bonchev–Trinajstić information content (AvgIpc) is 3.21. The molecule has 2 aliphatic rings. The first kappa shape index (κ1) is 14.8. The van der Waals surface area contributed by atoms with Gasteiger partial charge in [0.1, 0.15) is 6.17 Å². The van der Waals surface area contributed by atoms with Crippen LogP contribution in [0.3, 0.4) is 0 Å². The molecule has 114 valence electrons. The van der Waals surface area contributed by atoms with E-state index in [1.807, 2.05) is 0 Å². The van der Waals surface area contributed by atoms with E-state index < -0.39 is 6.17 Å². The molecule has 0 heterocycles. The van der Waals surface area contributed by atoms with Crippen LogP contribution in [0.4, 0.5) is 4.39 Å². The van der Waals surface area contributed by atoms with Crippen molar-refractivity contribution in [2.45, 2.75) is 70.9 Å². The third-order valence-electron chi connectivity index (χ3n) is 5.68. The molecule has 0 bridgehead atoms. The van der Waals surface area contributed by atoms with Crippen molar-refractivity contribution < 1.29 is 4.39 Å². The van der Waals surface area contributed by atoms with Gasteiger partial charge in [-0.2, -0.15) is 0 Å². The minimum atomic E-state index is -0.569. The van der Waals surface area contributed by atoms with Crippen molar-refractivity contribution in [2.75, 3.05) is 0 Å². The fourth-order valence-corrected chi connectivity index (χ4v) is 3.92. The van der Waals surface area contributed by atoms with Crippen LogP contribution in [0.15, 0.2) is 30.4 Å². The number of allylic oxidation sites excluding steroid dienone is 1. The summed E-state index contributed by atoms with van der Waals surface area (Å²) in [6.45, 7) is 8.56. The summed E-state index contributed by atoms with van der Waals surface area (Å²) in [6.07, 6.45) is 6.64. The molecule has 0 unspecified atom stereocenters. The standard InChI is InChI=1S/C20H27F/c1-14(2)20(10-11-20)13-17-12-15(3)4-9-19(17)16-5-7-18(21)8-6-16/h4,9,12,16,18H,1,5-8,10-11,13H2,2-3H3/t16-,18-. The molecule has 2 saturated carbocycles. The maximum absolute atomic E-state index is 13.4. The smallest absolute Gasteiger partial charge is 0.100 e. The van der Waals surface area contributed by atoms with Gasteiger partial charge in [0.15, 0.2) is 0 Å². The number of hydrogen-bond donors (Lipinski definition) is 0. The molecule has 2 aliphatic carbocycles. The second kappa shape index (κ2) is 5.59. The van der Waals surface area contributed by atoms with E-state index in [1.165, 1.54) is 35.1 Å². The Morgan fingerprint density at radius 3 is 2.48 bits per heavy atom. The molecular weight excluding hydrogens is 259 g/mol. The Morgan fingerprint density at radius 1 is 1.24 bits per heavy atom. The van der Waals surface area contributed by atoms with E-state index >= 15 is 0 Å². The Morgan fingerprint density at radius 2 is 1.90 bits per heavy atom. The molecule has 0 nitrogen and oxygen atoms in total. The van der Waals surface area contributed by atoms with Crippen LogP contribution in [0, 0.1) is 12.3 Å². The lowest BCUT2D eigenvalue weighted by atomic mass is 9.78. The molecule has 0 spiro atoms. The zero-order valence-corrected chi connectivity index (χ0v) is 13.4. The highest BCUT2D eigenvalue weighted by molar-refractivity contribution is 5.37. The minimum absolute atomic E-state index is 0.361. The van der Waals surface area contributed by atoms with E-state index in [1.54, 1.807) is 0 Å². The molecule has 3 rings (SSSR count). The van der Waals surface area contributed by atoms with Gasteiger partial charge in [-0.05, 0) is 81.3 Å². The number of alkyl halides is 1. The molecule has 0 N–H and O–H groups in total. The largest absolute Gasteiger partial charge is 0.247 e. The number of aryl methyl sites for hydroxylation is 1. The number of hydrogen-bond acceptors (Lipinski definition) is 0. The first-order chi connectivity index (χ1) is 10.00. The summed E-state index contributed by atoms with van der Waals surface area (Å²) >= 11 is 0. The molecular formula is C20H27F. The number of rotatable bonds is 4. The molecule has 0 aliphatic heterocycles. The second-order valence-electron chi connectivity index (χ2n) is 7.39. The third-order valence-corrected chi connectivity index (χ3v) is 5.68. The van der Waals surface area contributed by atoms with Crippen molar-refractivity contribution >= 4 is 0 Å². The van der Waals surface area contributed by atoms with Crippen LogP contribution in [0.1, 0.15) is 68.1 Å². The van der Waals surface area contributed by atoms with Crippen molar-refractivity contribution in [1.82, 2.24) is 0 Å². The summed E-state index contributed by atoms with van der Waals surface area (Å²) in [7, 11) is 0. The van der Waals surface area contributed by atoms with Gasteiger partial charge in [0.05, 0.1) is 0 Å². The summed E-state index contributed by atoms with van der Waals surface area (Å²) in [6, 6.07) is 6.89. The lowest BCUT2D eigenvalue weighted by molar-refractivity contribution is 0.235. The zero-order chi connectivity index (χ0) is 15.0. The Kier molecular flexibility index (Phi) is 3.94. The van der Waals surface area contributed by atoms with Crippen LogP contribution >= 0.6 is 0 Å². The maximum atomic E-state index is 13.4. The molecule has 1 heteroatoms. The summed E-state index contributed by atoms with van der Waals surface area (Å²) in [5.41, 5.74) is 6.02. The summed E-state index contributed by atoms with van der Waals surface area (Å²) in [5, 5.41) is 0. The van der Waals surface area contributed by atoms with E-state index in [0.717, 1.165) is 32.1 Å². The van der Waals surface area contributed by atoms with Crippen molar-refractivity contribution in [3.63, 3.8) is 0 Å². The van der Waals surface area contributed by atoms with E-state index in [-0.39, 0.29) is 0 Å². The Hall–Kier alpha value is -1.11. The lowest BCUT2D eigenvalue weighted by Crippen LogP contribution is -2.16. The molecule has 0 saturated heterocycles. The SMILES string of the molecule is C=C(C)C1(Cc2cc(C)ccc2[C@H]2CC[C@H](F)CC2)CC1. The highest BCUT2D eigenvalue weighted by Crippen LogP contribution is 2.54. The maximum Gasteiger partial charge on any atom is 0.100 e. The summed E-state index contributed by atoms with van der Waals surface area (Å²) in [5.74, 6) is 0.563. The van der Waals surface area contributed by atoms with Gasteiger partial charge < -0.3 is 0 Å². The summed E-state index contributed by atoms with van der Waals surface area (Å²) in [4.78, 5) is 0. The fraction of sp³-hybridized carbons (Fsp3) is 0.600. The van der Waals surface area contributed by atoms with Crippen molar-refractivity contribution in [2.24, 2.45) is 5.41 Å². The van der Waals surface area contributed by atoms with Crippen LogP contribution < -0.4 is 0 Å². The van der Waals surface area contributed by atoms with Gasteiger partial charge in [0, 0.05) is 0 Å². The molecule has 1 aromatic carbocycles. The van der Waals surface area contributed by atoms with Crippen LogP contribution in [0.5, 0.6) is 0 Å². The molecule has 0 aromatic heterocycles. The van der Waals surface area contributed by atoms with Crippen molar-refractivity contribution in [3.8, 4) is 0 Å². The summed E-state index contributed by atoms with van der Waals surface area (Å²) < 4.78 is 13.4. The predicted octanol–water partition coefficient (Wildman–Crippen LogP) is 5.89. The highest BCUT2D eigenvalue weighted by atomic mass is 19.1. The molecule has 0 amide bonds. The van der Waals surface area contributed by atoms with Gasteiger partial charge in [-0.25, -0.2) is 4.39 Å². The van der Waals surface area contributed by atoms with Gasteiger partial charge >= 0.3 is 0 Å². The van der Waals surface area contributed by atoms with Gasteiger partial charge in [-0.15, -0.1) is 0 Å². The van der Waals surface area contributed by atoms with Crippen molar-refractivity contribution in [3.05, 3.63) is 47.0 Å². The van der Waals surface area contributed by atoms with Crippen molar-refractivity contribution in [1.29, 1.82) is 0 Å². The molecule has 0 atom stereocenters. The number of halogens is 1. The quantitative estimate of drug-likeness (QED) is 0.605. The topological polar surface area (TPSA) is 0 Å². The Balaban J connectivity index is 1.85. The first-order valence-electron chi connectivity index (χ1n) is 8.40. The molecule has 2 fully saturated rings. The third kappa shape index (κ3) is 3.07. The molecule has 0 radical (unpaired) electrons. The van der Waals surface area contributed by atoms with Crippen LogP contribution in [-0.4, -0.2) is 6.17 Å². The van der Waals surface area contributed by atoms with Gasteiger partial charge in [0.2, 0.25) is 0 Å². The van der Waals surface area contributed by atoms with Crippen LogP contribution in [0.25, 0.3) is 0 Å². The second-order valence-corrected chi connectivity index (χ2v) is 7.39. The van der Waals surface area contributed by atoms with E-state index in [0.29, 0.717) is 11.3 Å². The van der Waals surface area contributed by atoms with E-state index in [4.69, 9.17) is 0 Å². The lowest BCUT2D eigenvalue weighted by Gasteiger charge is -2.28. The average molecular weight is 286 g/mol. The fourth-order valence-electron chi connectivity index (χ4n) is 3.92. The molecule has 1 aromatic rings. The van der Waals surface area contributed by atoms with E-state index in [9.17, 15) is 4.39 Å². The van der Waals surface area contributed by atoms with Gasteiger partial charge in [-0.1, -0.05) is 35.9 Å². The van der Waals surface area contributed by atoms with Gasteiger partial charge in [-0.3, -0.25) is 0 Å². The monoisotopic (exact) mass is 286 g/mol. The van der Waals surface area contributed by atoms with Gasteiger partial charge in [0.25, 0.3) is 0 Å². The van der Waals surface area contributed by atoms with Crippen LogP contribution in [0.2, 0.25) is 0 Å². The van der Waals surface area contributed by atoms with E-state index in [2.05, 4.69) is 38.6 Å².